The van der Waals surface area contributed by atoms with Crippen molar-refractivity contribution in [2.75, 3.05) is 20.3 Å². The van der Waals surface area contributed by atoms with E-state index in [0.29, 0.717) is 4.91 Å². The third-order valence-corrected chi connectivity index (χ3v) is 6.54. The van der Waals surface area contributed by atoms with E-state index < -0.39 is 5.97 Å². The molecule has 1 aliphatic heterocycles. The molecular formula is C22H26N2O5S2. The normalized spacial score (nSPS) is 18.7. The van der Waals surface area contributed by atoms with Crippen LogP contribution in [0.5, 0.6) is 5.75 Å². The summed E-state index contributed by atoms with van der Waals surface area (Å²) in [6.07, 6.45) is 8.21. The number of esters is 1. The van der Waals surface area contributed by atoms with Crippen molar-refractivity contribution in [3.05, 3.63) is 34.7 Å². The fraction of sp³-hybridized carbons (Fsp3) is 0.455. The number of amides is 2. The fourth-order valence-electron chi connectivity index (χ4n) is 3.50. The maximum atomic E-state index is 12.6. The van der Waals surface area contributed by atoms with E-state index in [1.807, 2.05) is 12.1 Å². The predicted molar refractivity (Wildman–Crippen MR) is 123 cm³/mol. The number of methoxy groups -OCH3 is 1. The largest absolute Gasteiger partial charge is 0.497 e. The zero-order valence-electron chi connectivity index (χ0n) is 17.4. The number of carbonyl (C=O) groups is 3. The molecule has 3 rings (SSSR count). The van der Waals surface area contributed by atoms with Crippen LogP contribution in [0, 0.1) is 0 Å². The zero-order chi connectivity index (χ0) is 22.2. The van der Waals surface area contributed by atoms with Gasteiger partial charge in [-0.2, -0.15) is 0 Å². The Bertz CT molecular complexity index is 861. The van der Waals surface area contributed by atoms with Gasteiger partial charge in [0, 0.05) is 6.04 Å². The number of nitrogens with one attached hydrogen (secondary N) is 1. The minimum atomic E-state index is -0.669. The number of carbonyl (C=O) groups excluding carboxylic acids is 3. The van der Waals surface area contributed by atoms with Crippen molar-refractivity contribution in [2.45, 2.75) is 44.6 Å². The lowest BCUT2D eigenvalue weighted by Gasteiger charge is -2.17. The molecule has 31 heavy (non-hydrogen) atoms. The number of rotatable bonds is 7. The first-order valence-corrected chi connectivity index (χ1v) is 11.5. The van der Waals surface area contributed by atoms with Gasteiger partial charge in [0.2, 0.25) is 0 Å². The van der Waals surface area contributed by atoms with Crippen molar-refractivity contribution in [3.63, 3.8) is 0 Å². The van der Waals surface area contributed by atoms with E-state index >= 15 is 0 Å². The molecule has 7 nitrogen and oxygen atoms in total. The smallest absolute Gasteiger partial charge is 0.326 e. The summed E-state index contributed by atoms with van der Waals surface area (Å²) in [5, 5.41) is 2.92. The maximum absolute atomic E-state index is 12.6. The lowest BCUT2D eigenvalue weighted by Crippen LogP contribution is -2.39. The van der Waals surface area contributed by atoms with Gasteiger partial charge in [-0.1, -0.05) is 61.8 Å². The van der Waals surface area contributed by atoms with Crippen LogP contribution in [0.2, 0.25) is 0 Å². The molecule has 2 aliphatic rings. The van der Waals surface area contributed by atoms with Crippen LogP contribution in [0.3, 0.4) is 0 Å². The van der Waals surface area contributed by atoms with Gasteiger partial charge in [0.05, 0.1) is 12.0 Å². The molecule has 0 bridgehead atoms. The van der Waals surface area contributed by atoms with Crippen LogP contribution in [0.15, 0.2) is 29.2 Å². The van der Waals surface area contributed by atoms with Gasteiger partial charge >= 0.3 is 5.97 Å². The minimum Gasteiger partial charge on any atom is -0.497 e. The highest BCUT2D eigenvalue weighted by molar-refractivity contribution is 8.26. The first-order valence-electron chi connectivity index (χ1n) is 10.3. The van der Waals surface area contributed by atoms with Crippen molar-refractivity contribution < 1.29 is 23.9 Å². The monoisotopic (exact) mass is 462 g/mol. The molecule has 0 spiro atoms. The summed E-state index contributed by atoms with van der Waals surface area (Å²) in [4.78, 5) is 38.5. The van der Waals surface area contributed by atoms with Crippen LogP contribution in [0.25, 0.3) is 6.08 Å². The molecule has 9 heteroatoms. The number of hydrogen-bond acceptors (Lipinski definition) is 7. The molecule has 2 amide bonds. The highest BCUT2D eigenvalue weighted by Crippen LogP contribution is 2.32. The molecule has 0 unspecified atom stereocenters. The average molecular weight is 463 g/mol. The van der Waals surface area contributed by atoms with Crippen molar-refractivity contribution in [1.29, 1.82) is 0 Å². The second-order valence-electron chi connectivity index (χ2n) is 7.46. The number of benzene rings is 1. The Morgan fingerprint density at radius 1 is 1.19 bits per heavy atom. The molecule has 1 saturated heterocycles. The molecule has 0 aromatic heterocycles. The Kier molecular flexibility index (Phi) is 8.48. The highest BCUT2D eigenvalue weighted by atomic mass is 32.2. The predicted octanol–water partition coefficient (Wildman–Crippen LogP) is 3.28. The summed E-state index contributed by atoms with van der Waals surface area (Å²) in [5.74, 6) is -0.621. The number of nitrogens with zero attached hydrogens (tertiary/aromatic N) is 1. The summed E-state index contributed by atoms with van der Waals surface area (Å²) < 4.78 is 10.5. The third kappa shape index (κ3) is 6.80. The van der Waals surface area contributed by atoms with Crippen molar-refractivity contribution >= 4 is 52.2 Å². The van der Waals surface area contributed by atoms with Crippen molar-refractivity contribution in [3.8, 4) is 5.75 Å². The van der Waals surface area contributed by atoms with E-state index in [9.17, 15) is 14.4 Å². The summed E-state index contributed by atoms with van der Waals surface area (Å²) in [7, 11) is 1.58. The SMILES string of the molecule is COc1ccc(C=C2SC(=S)N(CC(=O)OCC(=O)NC3CCCCCC3)C2=O)cc1. The number of thioether (sulfide) groups is 1. The van der Waals surface area contributed by atoms with Crippen molar-refractivity contribution in [1.82, 2.24) is 10.2 Å². The number of ether oxygens (including phenoxy) is 2. The topological polar surface area (TPSA) is 84.9 Å². The number of hydrogen-bond donors (Lipinski definition) is 1. The molecule has 1 aliphatic carbocycles. The van der Waals surface area contributed by atoms with Gasteiger partial charge in [-0.05, 0) is 36.6 Å². The second kappa shape index (κ2) is 11.3. The van der Waals surface area contributed by atoms with Crippen LogP contribution in [-0.2, 0) is 19.1 Å². The first kappa shape index (κ1) is 23.3. The Hall–Kier alpha value is -2.39. The van der Waals surface area contributed by atoms with Gasteiger partial charge in [0.25, 0.3) is 11.8 Å². The lowest BCUT2D eigenvalue weighted by molar-refractivity contribution is -0.150. The maximum Gasteiger partial charge on any atom is 0.326 e. The van der Waals surface area contributed by atoms with E-state index in [1.165, 1.54) is 17.7 Å². The van der Waals surface area contributed by atoms with Gasteiger partial charge in [-0.3, -0.25) is 19.3 Å². The Balaban J connectivity index is 1.49. The summed E-state index contributed by atoms with van der Waals surface area (Å²) in [6, 6.07) is 7.39. The van der Waals surface area contributed by atoms with Crippen LogP contribution in [0.1, 0.15) is 44.1 Å². The van der Waals surface area contributed by atoms with E-state index in [4.69, 9.17) is 21.7 Å². The molecule has 0 radical (unpaired) electrons. The Morgan fingerprint density at radius 2 is 1.87 bits per heavy atom. The molecule has 1 N–H and O–H groups in total. The molecule has 2 fully saturated rings. The molecular weight excluding hydrogens is 436 g/mol. The summed E-state index contributed by atoms with van der Waals surface area (Å²) in [6.45, 7) is -0.673. The molecule has 0 atom stereocenters. The lowest BCUT2D eigenvalue weighted by atomic mass is 10.1. The van der Waals surface area contributed by atoms with Crippen LogP contribution >= 0.6 is 24.0 Å². The van der Waals surface area contributed by atoms with E-state index in [-0.39, 0.29) is 35.3 Å². The standard InChI is InChI=1S/C22H26N2O5S2/c1-28-17-10-8-15(9-11-17)12-18-21(27)24(22(30)31-18)13-20(26)29-14-19(25)23-16-6-4-2-3-5-7-16/h8-12,16H,2-7,13-14H2,1H3,(H,23,25). The van der Waals surface area contributed by atoms with Gasteiger partial charge in [-0.25, -0.2) is 0 Å². The quantitative estimate of drug-likeness (QED) is 0.288. The van der Waals surface area contributed by atoms with Gasteiger partial charge in [0.1, 0.15) is 16.6 Å². The molecule has 1 aromatic rings. The fourth-order valence-corrected chi connectivity index (χ4v) is 4.76. The Labute approximate surface area is 191 Å². The first-order chi connectivity index (χ1) is 15.0. The molecule has 1 aromatic carbocycles. The van der Waals surface area contributed by atoms with E-state index in [2.05, 4.69) is 5.32 Å². The summed E-state index contributed by atoms with van der Waals surface area (Å²) >= 11 is 6.37. The van der Waals surface area contributed by atoms with Gasteiger partial charge in [-0.15, -0.1) is 0 Å². The van der Waals surface area contributed by atoms with E-state index in [1.54, 1.807) is 25.3 Å². The van der Waals surface area contributed by atoms with Crippen molar-refractivity contribution in [2.24, 2.45) is 0 Å². The third-order valence-electron chi connectivity index (χ3n) is 5.16. The van der Waals surface area contributed by atoms with Crippen LogP contribution in [0.4, 0.5) is 0 Å². The zero-order valence-corrected chi connectivity index (χ0v) is 19.1. The Morgan fingerprint density at radius 3 is 2.52 bits per heavy atom. The minimum absolute atomic E-state index is 0.142. The van der Waals surface area contributed by atoms with Crippen LogP contribution in [-0.4, -0.2) is 53.3 Å². The average Bonchev–Trinajstić information content (AvgIpc) is 2.94. The summed E-state index contributed by atoms with van der Waals surface area (Å²) in [5.41, 5.74) is 0.819. The van der Waals surface area contributed by atoms with E-state index in [0.717, 1.165) is 48.8 Å². The second-order valence-corrected chi connectivity index (χ2v) is 9.13. The highest BCUT2D eigenvalue weighted by Gasteiger charge is 2.34. The van der Waals surface area contributed by atoms with Gasteiger partial charge < -0.3 is 14.8 Å². The molecule has 1 saturated carbocycles. The number of thiocarbonyl (C=S) groups is 1. The van der Waals surface area contributed by atoms with Gasteiger partial charge in [0.15, 0.2) is 6.61 Å². The van der Waals surface area contributed by atoms with Crippen LogP contribution < -0.4 is 10.1 Å². The molecule has 166 valence electrons. The molecule has 1 heterocycles.